The van der Waals surface area contributed by atoms with Gasteiger partial charge >= 0.3 is 0 Å². The number of ether oxygens (including phenoxy) is 2. The van der Waals surface area contributed by atoms with Gasteiger partial charge in [0.2, 0.25) is 0 Å². The lowest BCUT2D eigenvalue weighted by Gasteiger charge is -2.05. The lowest BCUT2D eigenvalue weighted by atomic mass is 10.1. The zero-order chi connectivity index (χ0) is 10.2. The maximum Gasteiger partial charge on any atom is 0.0700 e. The Morgan fingerprint density at radius 1 is 1.14 bits per heavy atom. The van der Waals surface area contributed by atoms with Gasteiger partial charge in [-0.3, -0.25) is 0 Å². The number of methoxy groups -OCH3 is 1. The molecule has 0 spiro atoms. The Hall–Kier alpha value is -1.06. The quantitative estimate of drug-likeness (QED) is 0.552. The topological polar surface area (TPSA) is 44.5 Å². The van der Waals surface area contributed by atoms with Crippen LogP contribution in [0.15, 0.2) is 24.3 Å². The van der Waals surface area contributed by atoms with E-state index in [0.717, 1.165) is 17.7 Å². The molecule has 0 bridgehead atoms. The lowest BCUT2D eigenvalue weighted by molar-refractivity contribution is 0.0723. The third-order valence-electron chi connectivity index (χ3n) is 2.00. The number of nitrogen functional groups attached to an aromatic ring is 1. The standard InChI is InChI=1S/C11H17NO2/c1-13-8-9-14-7-6-10-4-2-3-5-11(10)12/h2-5H,6-9,12H2,1H3. The molecule has 1 aromatic carbocycles. The molecule has 0 aliphatic heterocycles. The Kier molecular flexibility index (Phi) is 5.04. The van der Waals surface area contributed by atoms with Crippen molar-refractivity contribution >= 4 is 5.69 Å². The lowest BCUT2D eigenvalue weighted by Crippen LogP contribution is -2.06. The molecule has 0 saturated carbocycles. The monoisotopic (exact) mass is 195 g/mol. The third kappa shape index (κ3) is 3.77. The highest BCUT2D eigenvalue weighted by Gasteiger charge is 1.96. The Bertz CT molecular complexity index is 263. The zero-order valence-electron chi connectivity index (χ0n) is 8.53. The summed E-state index contributed by atoms with van der Waals surface area (Å²) >= 11 is 0. The highest BCUT2D eigenvalue weighted by molar-refractivity contribution is 5.46. The summed E-state index contributed by atoms with van der Waals surface area (Å²) in [5.74, 6) is 0. The first-order valence-electron chi connectivity index (χ1n) is 4.74. The van der Waals surface area contributed by atoms with Crippen LogP contribution in [0.1, 0.15) is 5.56 Å². The third-order valence-corrected chi connectivity index (χ3v) is 2.00. The molecule has 0 amide bonds. The summed E-state index contributed by atoms with van der Waals surface area (Å²) in [6, 6.07) is 7.85. The number of para-hydroxylation sites is 1. The Labute approximate surface area is 84.8 Å². The predicted molar refractivity (Wildman–Crippen MR) is 57.3 cm³/mol. The van der Waals surface area contributed by atoms with Crippen LogP contribution in [0.2, 0.25) is 0 Å². The average Bonchev–Trinajstić information content (AvgIpc) is 2.20. The molecule has 14 heavy (non-hydrogen) atoms. The van der Waals surface area contributed by atoms with Gasteiger partial charge in [0.1, 0.15) is 0 Å². The van der Waals surface area contributed by atoms with E-state index in [1.165, 1.54) is 0 Å². The van der Waals surface area contributed by atoms with Crippen LogP contribution in [-0.4, -0.2) is 26.9 Å². The van der Waals surface area contributed by atoms with Crippen LogP contribution >= 0.6 is 0 Å². The molecule has 0 heterocycles. The normalized spacial score (nSPS) is 10.4. The van der Waals surface area contributed by atoms with Crippen LogP contribution in [0.4, 0.5) is 5.69 Å². The van der Waals surface area contributed by atoms with Crippen molar-refractivity contribution in [2.24, 2.45) is 0 Å². The second-order valence-electron chi connectivity index (χ2n) is 3.05. The van der Waals surface area contributed by atoms with Gasteiger partial charge in [0.15, 0.2) is 0 Å². The maximum atomic E-state index is 5.78. The molecule has 3 heteroatoms. The van der Waals surface area contributed by atoms with E-state index < -0.39 is 0 Å². The fourth-order valence-electron chi connectivity index (χ4n) is 1.19. The predicted octanol–water partition coefficient (Wildman–Crippen LogP) is 1.47. The van der Waals surface area contributed by atoms with E-state index >= 15 is 0 Å². The van der Waals surface area contributed by atoms with Gasteiger partial charge < -0.3 is 15.2 Å². The van der Waals surface area contributed by atoms with Gasteiger partial charge in [0.05, 0.1) is 19.8 Å². The average molecular weight is 195 g/mol. The molecule has 1 rings (SSSR count). The van der Waals surface area contributed by atoms with Crippen LogP contribution < -0.4 is 5.73 Å². The molecule has 3 nitrogen and oxygen atoms in total. The second-order valence-corrected chi connectivity index (χ2v) is 3.05. The van der Waals surface area contributed by atoms with Crippen molar-refractivity contribution in [1.82, 2.24) is 0 Å². The van der Waals surface area contributed by atoms with Crippen molar-refractivity contribution in [2.75, 3.05) is 32.7 Å². The minimum atomic E-state index is 0.642. The highest BCUT2D eigenvalue weighted by Crippen LogP contribution is 2.10. The number of benzene rings is 1. The van der Waals surface area contributed by atoms with Gasteiger partial charge in [-0.2, -0.15) is 0 Å². The van der Waals surface area contributed by atoms with E-state index in [2.05, 4.69) is 0 Å². The summed E-state index contributed by atoms with van der Waals surface area (Å²) in [5.41, 5.74) is 7.76. The first kappa shape index (κ1) is 11.0. The summed E-state index contributed by atoms with van der Waals surface area (Å²) in [5, 5.41) is 0. The number of anilines is 1. The fraction of sp³-hybridized carbons (Fsp3) is 0.455. The molecule has 0 aliphatic rings. The molecule has 0 aliphatic carbocycles. The molecule has 78 valence electrons. The molecule has 0 saturated heterocycles. The number of hydrogen-bond acceptors (Lipinski definition) is 3. The van der Waals surface area contributed by atoms with Gasteiger partial charge in [-0.1, -0.05) is 18.2 Å². The summed E-state index contributed by atoms with van der Waals surface area (Å²) in [6.07, 6.45) is 0.858. The largest absolute Gasteiger partial charge is 0.399 e. The van der Waals surface area contributed by atoms with Crippen LogP contribution in [0.3, 0.4) is 0 Å². The minimum Gasteiger partial charge on any atom is -0.399 e. The Balaban J connectivity index is 2.21. The maximum absolute atomic E-state index is 5.78. The molecular weight excluding hydrogens is 178 g/mol. The van der Waals surface area contributed by atoms with Crippen molar-refractivity contribution in [3.63, 3.8) is 0 Å². The van der Waals surface area contributed by atoms with Gasteiger partial charge in [-0.15, -0.1) is 0 Å². The van der Waals surface area contributed by atoms with E-state index in [1.807, 2.05) is 24.3 Å². The van der Waals surface area contributed by atoms with Crippen LogP contribution in [0, 0.1) is 0 Å². The Morgan fingerprint density at radius 2 is 1.93 bits per heavy atom. The summed E-state index contributed by atoms with van der Waals surface area (Å²) < 4.78 is 10.2. The molecular formula is C11H17NO2. The van der Waals surface area contributed by atoms with Gasteiger partial charge in [-0.25, -0.2) is 0 Å². The second kappa shape index (κ2) is 6.40. The van der Waals surface area contributed by atoms with Crippen molar-refractivity contribution in [3.8, 4) is 0 Å². The van der Waals surface area contributed by atoms with Crippen molar-refractivity contribution in [2.45, 2.75) is 6.42 Å². The van der Waals surface area contributed by atoms with Gasteiger partial charge in [0.25, 0.3) is 0 Å². The van der Waals surface area contributed by atoms with Gasteiger partial charge in [0, 0.05) is 12.8 Å². The fourth-order valence-corrected chi connectivity index (χ4v) is 1.19. The zero-order valence-corrected chi connectivity index (χ0v) is 8.53. The van der Waals surface area contributed by atoms with Crippen LogP contribution in [0.25, 0.3) is 0 Å². The first-order valence-corrected chi connectivity index (χ1v) is 4.74. The molecule has 0 unspecified atom stereocenters. The Morgan fingerprint density at radius 3 is 2.64 bits per heavy atom. The molecule has 0 atom stereocenters. The first-order chi connectivity index (χ1) is 6.84. The summed E-state index contributed by atoms with van der Waals surface area (Å²) in [4.78, 5) is 0. The van der Waals surface area contributed by atoms with Crippen molar-refractivity contribution in [3.05, 3.63) is 29.8 Å². The van der Waals surface area contributed by atoms with Crippen molar-refractivity contribution in [1.29, 1.82) is 0 Å². The number of rotatable bonds is 6. The van der Waals surface area contributed by atoms with E-state index in [-0.39, 0.29) is 0 Å². The van der Waals surface area contributed by atoms with E-state index in [9.17, 15) is 0 Å². The molecule has 1 aromatic rings. The van der Waals surface area contributed by atoms with Crippen LogP contribution in [-0.2, 0) is 15.9 Å². The van der Waals surface area contributed by atoms with E-state index in [1.54, 1.807) is 7.11 Å². The number of nitrogens with two attached hydrogens (primary N) is 1. The SMILES string of the molecule is COCCOCCc1ccccc1N. The van der Waals surface area contributed by atoms with Crippen LogP contribution in [0.5, 0.6) is 0 Å². The molecule has 0 aromatic heterocycles. The minimum absolute atomic E-state index is 0.642. The molecule has 2 N–H and O–H groups in total. The summed E-state index contributed by atoms with van der Waals surface area (Å²) in [7, 11) is 1.67. The van der Waals surface area contributed by atoms with E-state index in [0.29, 0.717) is 19.8 Å². The number of hydrogen-bond donors (Lipinski definition) is 1. The molecule has 0 fully saturated rings. The molecule has 0 radical (unpaired) electrons. The van der Waals surface area contributed by atoms with Crippen molar-refractivity contribution < 1.29 is 9.47 Å². The van der Waals surface area contributed by atoms with Gasteiger partial charge in [-0.05, 0) is 18.1 Å². The summed E-state index contributed by atoms with van der Waals surface area (Å²) in [6.45, 7) is 1.98. The smallest absolute Gasteiger partial charge is 0.0700 e. The van der Waals surface area contributed by atoms with E-state index in [4.69, 9.17) is 15.2 Å². The highest BCUT2D eigenvalue weighted by atomic mass is 16.5.